The molecular formula is C34H58O15. The predicted molar refractivity (Wildman–Crippen MR) is 171 cm³/mol. The number of hydrogen-bond acceptors (Lipinski definition) is 15. The molecule has 0 aromatic carbocycles. The number of aliphatic hydroxyl groups excluding tert-OH is 4. The second-order valence-corrected chi connectivity index (χ2v) is 13.4. The maximum Gasteiger partial charge on any atom is 0.309 e. The Hall–Kier alpha value is -2.40. The van der Waals surface area contributed by atoms with Crippen LogP contribution in [-0.4, -0.2) is 119 Å². The number of carbonyl (C=O) groups is 4. The molecule has 0 radical (unpaired) electrons. The summed E-state index contributed by atoms with van der Waals surface area (Å²) in [7, 11) is 0. The molecule has 2 fully saturated rings. The molecule has 15 nitrogen and oxygen atoms in total. The van der Waals surface area contributed by atoms with Gasteiger partial charge in [-0.2, -0.15) is 0 Å². The van der Waals surface area contributed by atoms with E-state index < -0.39 is 110 Å². The molecule has 2 saturated heterocycles. The molecule has 0 aliphatic carbocycles. The van der Waals surface area contributed by atoms with E-state index in [1.54, 1.807) is 27.7 Å². The molecule has 4 unspecified atom stereocenters. The Balaban J connectivity index is 2.67. The summed E-state index contributed by atoms with van der Waals surface area (Å²) in [5.74, 6) is -6.57. The highest BCUT2D eigenvalue weighted by Crippen LogP contribution is 2.39. The third-order valence-corrected chi connectivity index (χ3v) is 9.43. The second-order valence-electron chi connectivity index (χ2n) is 13.4. The lowest BCUT2D eigenvalue weighted by molar-refractivity contribution is -0.384. The Morgan fingerprint density at radius 2 is 1.20 bits per heavy atom. The van der Waals surface area contributed by atoms with Crippen LogP contribution in [0.4, 0.5) is 0 Å². The number of aliphatic hydroxyl groups is 4. The maximum atomic E-state index is 13.3. The zero-order chi connectivity index (χ0) is 37.1. The monoisotopic (exact) mass is 706 g/mol. The van der Waals surface area contributed by atoms with Crippen molar-refractivity contribution in [2.75, 3.05) is 19.8 Å². The van der Waals surface area contributed by atoms with Crippen LogP contribution in [0.5, 0.6) is 0 Å². The third kappa shape index (κ3) is 11.3. The van der Waals surface area contributed by atoms with E-state index >= 15 is 0 Å². The van der Waals surface area contributed by atoms with Gasteiger partial charge in [0.1, 0.15) is 31.0 Å². The van der Waals surface area contributed by atoms with E-state index in [4.69, 9.17) is 33.2 Å². The second kappa shape index (κ2) is 19.8. The van der Waals surface area contributed by atoms with Crippen molar-refractivity contribution >= 4 is 23.9 Å². The van der Waals surface area contributed by atoms with Gasteiger partial charge in [-0.05, 0) is 24.7 Å². The smallest absolute Gasteiger partial charge is 0.309 e. The average molecular weight is 707 g/mol. The maximum absolute atomic E-state index is 13.3. The lowest BCUT2D eigenvalue weighted by Crippen LogP contribution is -2.65. The van der Waals surface area contributed by atoms with Crippen molar-refractivity contribution < 1.29 is 72.8 Å². The van der Waals surface area contributed by atoms with Crippen LogP contribution in [0, 0.1) is 23.7 Å². The van der Waals surface area contributed by atoms with Crippen LogP contribution in [0.3, 0.4) is 0 Å². The Labute approximate surface area is 288 Å². The van der Waals surface area contributed by atoms with Crippen molar-refractivity contribution in [3.05, 3.63) is 0 Å². The van der Waals surface area contributed by atoms with Gasteiger partial charge in [0.25, 0.3) is 0 Å². The summed E-state index contributed by atoms with van der Waals surface area (Å²) in [5, 5.41) is 42.3. The number of rotatable bonds is 19. The predicted octanol–water partition coefficient (Wildman–Crippen LogP) is 1.77. The average Bonchev–Trinajstić information content (AvgIpc) is 3.32. The zero-order valence-corrected chi connectivity index (χ0v) is 30.1. The van der Waals surface area contributed by atoms with Gasteiger partial charge in [-0.15, -0.1) is 0 Å². The first-order valence-electron chi connectivity index (χ1n) is 17.5. The van der Waals surface area contributed by atoms with Crippen LogP contribution in [0.15, 0.2) is 0 Å². The van der Waals surface area contributed by atoms with Crippen LogP contribution in [0.1, 0.15) is 93.9 Å². The molecule has 2 aliphatic heterocycles. The quantitative estimate of drug-likeness (QED) is 0.111. The molecular weight excluding hydrogens is 648 g/mol. The summed E-state index contributed by atoms with van der Waals surface area (Å²) in [4.78, 5) is 52.4. The SMILES string of the molecule is CCC(C)CC(=O)O[C@@H]1[C@@H](OC(=O)C(C)CC)[C@@H](O[C@]2(COC(=O)C(C)CC)O[C@H](CO)[C@@H](O)[C@@H]2O)O[C@H](CO)[C@H]1OC(=O)CC(C)CC. The molecule has 2 heterocycles. The van der Waals surface area contributed by atoms with Crippen molar-refractivity contribution in [1.82, 2.24) is 0 Å². The van der Waals surface area contributed by atoms with E-state index in [2.05, 4.69) is 0 Å². The van der Waals surface area contributed by atoms with Gasteiger partial charge in [-0.3, -0.25) is 19.2 Å². The molecule has 13 atom stereocenters. The fourth-order valence-electron chi connectivity index (χ4n) is 5.13. The Bertz CT molecular complexity index is 1070. The minimum absolute atomic E-state index is 0.00106. The number of ether oxygens (including phenoxy) is 7. The van der Waals surface area contributed by atoms with Crippen LogP contribution >= 0.6 is 0 Å². The van der Waals surface area contributed by atoms with Gasteiger partial charge in [0.15, 0.2) is 18.3 Å². The third-order valence-electron chi connectivity index (χ3n) is 9.43. The number of carbonyl (C=O) groups excluding carboxylic acids is 4. The summed E-state index contributed by atoms with van der Waals surface area (Å²) in [6.07, 6.45) is -11.0. The molecule has 2 rings (SSSR count). The standard InChI is InChI=1S/C34H58O15/c1-9-18(5)13-24(37)45-27-23(16-36)44-33(29(47-32(42)21(8)12-4)28(27)46-25(38)14-19(6)10-2)49-34(17-43-31(41)20(7)11-3)30(40)26(39)22(15-35)48-34/h18-23,26-30,33,35-36,39-40H,9-17H2,1-8H3/t18?,19?,20?,21?,22-,23-,26-,27-,28+,29-,30+,33-,34+/m1/s1. The van der Waals surface area contributed by atoms with Gasteiger partial charge in [-0.25, -0.2) is 0 Å². The molecule has 0 bridgehead atoms. The molecule has 49 heavy (non-hydrogen) atoms. The van der Waals surface area contributed by atoms with Gasteiger partial charge in [0.05, 0.1) is 25.0 Å². The topological polar surface area (TPSA) is 214 Å². The van der Waals surface area contributed by atoms with E-state index in [0.29, 0.717) is 25.7 Å². The van der Waals surface area contributed by atoms with Crippen molar-refractivity contribution in [2.24, 2.45) is 23.7 Å². The highest BCUT2D eigenvalue weighted by atomic mass is 16.8. The largest absolute Gasteiger partial charge is 0.460 e. The van der Waals surface area contributed by atoms with Gasteiger partial charge >= 0.3 is 23.9 Å². The first-order chi connectivity index (χ1) is 23.1. The summed E-state index contributed by atoms with van der Waals surface area (Å²) >= 11 is 0. The highest BCUT2D eigenvalue weighted by Gasteiger charge is 2.61. The first kappa shape index (κ1) is 42.8. The van der Waals surface area contributed by atoms with Gasteiger partial charge in [0.2, 0.25) is 12.1 Å². The van der Waals surface area contributed by atoms with Gasteiger partial charge < -0.3 is 53.6 Å². The van der Waals surface area contributed by atoms with E-state index in [1.807, 2.05) is 27.7 Å². The minimum Gasteiger partial charge on any atom is -0.460 e. The summed E-state index contributed by atoms with van der Waals surface area (Å²) in [6.45, 7) is 11.9. The molecule has 0 aromatic heterocycles. The Morgan fingerprint density at radius 3 is 1.67 bits per heavy atom. The van der Waals surface area contributed by atoms with Crippen molar-refractivity contribution in [1.29, 1.82) is 0 Å². The van der Waals surface area contributed by atoms with Gasteiger partial charge in [0, 0.05) is 12.8 Å². The molecule has 284 valence electrons. The first-order valence-corrected chi connectivity index (χ1v) is 17.5. The Kier molecular flexibility index (Phi) is 17.3. The van der Waals surface area contributed by atoms with Crippen LogP contribution in [-0.2, 0) is 52.3 Å². The molecule has 0 aromatic rings. The lowest BCUT2D eigenvalue weighted by Gasteiger charge is -2.46. The number of esters is 4. The van der Waals surface area contributed by atoms with E-state index in [9.17, 15) is 39.6 Å². The van der Waals surface area contributed by atoms with Crippen LogP contribution in [0.2, 0.25) is 0 Å². The molecule has 0 amide bonds. The van der Waals surface area contributed by atoms with E-state index in [0.717, 1.165) is 0 Å². The Morgan fingerprint density at radius 1 is 0.694 bits per heavy atom. The van der Waals surface area contributed by atoms with Gasteiger partial charge in [-0.1, -0.05) is 68.2 Å². The molecule has 4 N–H and O–H groups in total. The fourth-order valence-corrected chi connectivity index (χ4v) is 5.13. The minimum atomic E-state index is -2.40. The lowest BCUT2D eigenvalue weighted by atomic mass is 9.96. The molecule has 15 heteroatoms. The van der Waals surface area contributed by atoms with Crippen molar-refractivity contribution in [2.45, 2.75) is 149 Å². The number of hydrogen-bond donors (Lipinski definition) is 4. The highest BCUT2D eigenvalue weighted by molar-refractivity contribution is 5.73. The van der Waals surface area contributed by atoms with Crippen LogP contribution in [0.25, 0.3) is 0 Å². The summed E-state index contributed by atoms with van der Waals surface area (Å²) in [6, 6.07) is 0. The molecule has 0 spiro atoms. The van der Waals surface area contributed by atoms with Crippen molar-refractivity contribution in [3.8, 4) is 0 Å². The molecule has 0 saturated carbocycles. The zero-order valence-electron chi connectivity index (χ0n) is 30.1. The molecule has 2 aliphatic rings. The van der Waals surface area contributed by atoms with Crippen LogP contribution < -0.4 is 0 Å². The van der Waals surface area contributed by atoms with E-state index in [1.165, 1.54) is 0 Å². The van der Waals surface area contributed by atoms with E-state index in [-0.39, 0.29) is 24.7 Å². The van der Waals surface area contributed by atoms with Crippen molar-refractivity contribution in [3.63, 3.8) is 0 Å². The summed E-state index contributed by atoms with van der Waals surface area (Å²) in [5.41, 5.74) is 0. The normalized spacial score (nSPS) is 32.4. The fraction of sp³-hybridized carbons (Fsp3) is 0.882. The summed E-state index contributed by atoms with van der Waals surface area (Å²) < 4.78 is 40.9.